The summed E-state index contributed by atoms with van der Waals surface area (Å²) >= 11 is 0. The summed E-state index contributed by atoms with van der Waals surface area (Å²) in [6.45, 7) is 3.18. The molecule has 0 N–H and O–H groups in total. The Morgan fingerprint density at radius 3 is 0.826 bits per heavy atom. The Morgan fingerprint density at radius 1 is 0.217 bits per heavy atom. The molecule has 2 unspecified atom stereocenters. The summed E-state index contributed by atoms with van der Waals surface area (Å²) < 4.78 is 67.8. The number of ether oxygens (including phenoxy) is 10. The van der Waals surface area contributed by atoms with Crippen LogP contribution < -0.4 is 47.4 Å². The Morgan fingerprint density at radius 2 is 0.478 bits per heavy atom. The summed E-state index contributed by atoms with van der Waals surface area (Å²) in [5.74, 6) is 10.1. The molecule has 115 heavy (non-hydrogen) atoms. The molecule has 0 aliphatic heterocycles. The van der Waals surface area contributed by atoms with Gasteiger partial charge in [-0.1, -0.05) is 181 Å². The maximum atomic E-state index is 7.71. The third-order valence-electron chi connectivity index (χ3n) is 26.5. The van der Waals surface area contributed by atoms with E-state index >= 15 is 0 Å². The van der Waals surface area contributed by atoms with Gasteiger partial charge >= 0.3 is 0 Å². The van der Waals surface area contributed by atoms with Crippen molar-refractivity contribution in [2.75, 3.05) is 68.6 Å². The van der Waals surface area contributed by atoms with E-state index in [0.717, 1.165) is 203 Å². The third-order valence-corrected chi connectivity index (χ3v) is 26.5. The second kappa shape index (κ2) is 38.3. The maximum Gasteiger partial charge on any atom is 0.123 e. The molecule has 14 aliphatic rings. The number of methoxy groups -OCH3 is 5. The van der Waals surface area contributed by atoms with Crippen LogP contribution in [0.3, 0.4) is 0 Å². The van der Waals surface area contributed by atoms with Gasteiger partial charge < -0.3 is 47.4 Å². The van der Waals surface area contributed by atoms with Gasteiger partial charge in [-0.05, 0) is 292 Å². The average molecular weight is 1540 g/mol. The fraction of sp³-hybridized carbons (Fsp3) is 0.429. The zero-order valence-electron chi connectivity index (χ0n) is 68.9. The van der Waals surface area contributed by atoms with E-state index in [-0.39, 0.29) is 11.8 Å². The second-order valence-corrected chi connectivity index (χ2v) is 34.1. The van der Waals surface area contributed by atoms with Crippen molar-refractivity contribution >= 4 is 0 Å². The first kappa shape index (κ1) is 79.1. The van der Waals surface area contributed by atoms with Gasteiger partial charge in [0.2, 0.25) is 0 Å². The number of hydrogen-bond acceptors (Lipinski definition) is 10. The van der Waals surface area contributed by atoms with Crippen molar-refractivity contribution in [1.82, 2.24) is 0 Å². The van der Waals surface area contributed by atoms with Gasteiger partial charge in [0.1, 0.15) is 57.5 Å². The summed E-state index contributed by atoms with van der Waals surface area (Å²) in [6, 6.07) is 72.6. The van der Waals surface area contributed by atoms with Crippen molar-refractivity contribution in [3.63, 3.8) is 0 Å². The van der Waals surface area contributed by atoms with Crippen LogP contribution in [0, 0.1) is 29.6 Å². The van der Waals surface area contributed by atoms with Crippen molar-refractivity contribution in [3.05, 3.63) is 261 Å². The molecule has 0 aromatic heterocycles. The zero-order chi connectivity index (χ0) is 78.2. The highest BCUT2D eigenvalue weighted by Crippen LogP contribution is 2.50. The van der Waals surface area contributed by atoms with Gasteiger partial charge in [-0.25, -0.2) is 0 Å². The van der Waals surface area contributed by atoms with Gasteiger partial charge in [0.05, 0.1) is 68.6 Å². The normalized spacial score (nSPS) is 18.0. The predicted molar refractivity (Wildman–Crippen MR) is 465 cm³/mol. The van der Waals surface area contributed by atoms with Gasteiger partial charge in [0.15, 0.2) is 0 Å². The molecular weight excluding hydrogens is 1420 g/mol. The maximum absolute atomic E-state index is 7.71. The van der Waals surface area contributed by atoms with Crippen LogP contribution in [0.15, 0.2) is 194 Å². The number of fused-ring (bicyclic) bond motifs is 1. The molecule has 2 atom stereocenters. The lowest BCUT2D eigenvalue weighted by Crippen LogP contribution is -2.18. The summed E-state index contributed by atoms with van der Waals surface area (Å²) in [4.78, 5) is 0. The molecule has 24 rings (SSSR count). The molecule has 0 heterocycles. The first-order valence-corrected chi connectivity index (χ1v) is 43.8. The minimum Gasteiger partial charge on any atom is -0.497 e. The Hall–Kier alpha value is -9.80. The lowest BCUT2D eigenvalue weighted by atomic mass is 9.79. The Kier molecular flexibility index (Phi) is 26.3. The number of hydrogen-bond donors (Lipinski definition) is 0. The van der Waals surface area contributed by atoms with Crippen LogP contribution >= 0.6 is 0 Å². The third kappa shape index (κ3) is 19.3. The Bertz CT molecular complexity index is 4800. The van der Waals surface area contributed by atoms with Crippen molar-refractivity contribution in [2.24, 2.45) is 29.6 Å². The van der Waals surface area contributed by atoms with Gasteiger partial charge in [-0.2, -0.15) is 0 Å². The largest absolute Gasteiger partial charge is 0.497 e. The van der Waals surface area contributed by atoms with E-state index in [4.69, 9.17) is 47.4 Å². The molecule has 0 spiro atoms. The topological polar surface area (TPSA) is 92.3 Å². The van der Waals surface area contributed by atoms with Crippen LogP contribution in [0.5, 0.6) is 57.5 Å². The molecule has 10 bridgehead atoms. The monoisotopic (exact) mass is 1540 g/mol. The quantitative estimate of drug-likeness (QED) is 0.0551. The molecule has 5 saturated carbocycles. The van der Waals surface area contributed by atoms with Crippen molar-refractivity contribution < 1.29 is 47.4 Å². The average Bonchev–Trinajstić information content (AvgIpc) is 1.02. The second-order valence-electron chi connectivity index (χ2n) is 34.1. The molecular formula is C105H120O10. The summed E-state index contributed by atoms with van der Waals surface area (Å²) in [5, 5.41) is 0. The fourth-order valence-electron chi connectivity index (χ4n) is 19.7. The molecule has 0 saturated heterocycles. The van der Waals surface area contributed by atoms with Crippen LogP contribution in [0.4, 0.5) is 0 Å². The molecule has 5 fully saturated rings. The van der Waals surface area contributed by atoms with Crippen molar-refractivity contribution in [2.45, 2.75) is 192 Å². The van der Waals surface area contributed by atoms with Gasteiger partial charge in [-0.3, -0.25) is 0 Å². The molecule has 10 aromatic carbocycles. The molecule has 0 radical (unpaired) electrons. The molecule has 10 nitrogen and oxygen atoms in total. The molecule has 10 aromatic rings. The van der Waals surface area contributed by atoms with Crippen LogP contribution in [0.1, 0.15) is 239 Å². The van der Waals surface area contributed by atoms with Crippen molar-refractivity contribution in [3.8, 4) is 90.9 Å². The molecule has 14 aliphatic carbocycles. The molecule has 600 valence electrons. The van der Waals surface area contributed by atoms with Gasteiger partial charge in [0.25, 0.3) is 0 Å². The lowest BCUT2D eigenvalue weighted by molar-refractivity contribution is 0.206. The summed E-state index contributed by atoms with van der Waals surface area (Å²) in [5.41, 5.74) is 20.2. The minimum absolute atomic E-state index is 0.280. The highest BCUT2D eigenvalue weighted by Gasteiger charge is 2.32. The van der Waals surface area contributed by atoms with Crippen molar-refractivity contribution in [1.29, 1.82) is 0 Å². The first-order valence-electron chi connectivity index (χ1n) is 43.8. The lowest BCUT2D eigenvalue weighted by Gasteiger charge is -2.29. The van der Waals surface area contributed by atoms with Gasteiger partial charge in [-0.15, -0.1) is 0 Å². The minimum atomic E-state index is -0.334. The van der Waals surface area contributed by atoms with E-state index in [0.29, 0.717) is 81.9 Å². The van der Waals surface area contributed by atoms with Crippen LogP contribution in [0.2, 0.25) is 0 Å². The predicted octanol–water partition coefficient (Wildman–Crippen LogP) is 26.0. The smallest absolute Gasteiger partial charge is 0.123 e. The van der Waals surface area contributed by atoms with E-state index < -0.39 is 0 Å². The highest BCUT2D eigenvalue weighted by atomic mass is 16.5. The van der Waals surface area contributed by atoms with E-state index in [1.54, 1.807) is 35.5 Å². The fourth-order valence-corrected chi connectivity index (χ4v) is 19.7. The van der Waals surface area contributed by atoms with Crippen LogP contribution in [-0.2, 0) is 19.3 Å². The SMILES string of the molecule is COc1ccc(-c2cc3c(OCC4CCCCC4)cc2Cc2ccc(cc2OCC2CCCCC2)C(c2ccc(OC)cc2)c2ccc(cc2OCC2CCCCC2)C(c2ccc(OC)cc2)c2cc(-c4ccc(OC)cc4)c(cc2OCC2CCCCC2)Cc2cc(-c4ccc(OC)cc4)c(cc2OCC2CCCCC2)C3)cc1. The molecule has 0 amide bonds. The van der Waals surface area contributed by atoms with E-state index in [1.165, 1.54) is 115 Å². The Balaban J connectivity index is 0.992. The summed E-state index contributed by atoms with van der Waals surface area (Å²) in [7, 11) is 8.77. The van der Waals surface area contributed by atoms with Crippen LogP contribution in [0.25, 0.3) is 33.4 Å². The highest BCUT2D eigenvalue weighted by molar-refractivity contribution is 5.77. The van der Waals surface area contributed by atoms with E-state index in [2.05, 4.69) is 194 Å². The number of benzene rings is 10. The van der Waals surface area contributed by atoms with E-state index in [1.807, 2.05) is 0 Å². The van der Waals surface area contributed by atoms with E-state index in [9.17, 15) is 0 Å². The molecule has 10 heteroatoms. The van der Waals surface area contributed by atoms with Crippen LogP contribution in [-0.4, -0.2) is 68.6 Å². The Labute approximate surface area is 684 Å². The summed E-state index contributed by atoms with van der Waals surface area (Å²) in [6.07, 6.45) is 31.9. The van der Waals surface area contributed by atoms with Gasteiger partial charge in [0, 0.05) is 42.2 Å². The number of rotatable bonds is 25. The first-order chi connectivity index (χ1) is 56.7. The standard InChI is InChI=1S/C105H120O10/c1-106-89-44-33-76(34-45-89)95-58-87-56-85-63-101(113-68-73-25-15-8-16-26-73)88(59-96(85)77-35-46-90(107-2)47-36-77)57-86-64-103(115-70-75-29-19-10-20-30-75)98(65-97(86)78-37-48-91(108-3)49-38-78)105(80-41-52-93(110-5)53-42-80)83-43-54-94(102(61-83)114-69-74-27-17-9-18-28-74)104(79-39-50-92(109-4)51-40-79)82-32-31-81(99(60-82)111-66-71-21-11-6-12-22-71)55-84(95)62-100(87)112-67-72-23-13-7-14-24-72/h31-54,58-65,71-75,104-105H,6-30,55-57,66-70H2,1-5H3. The zero-order valence-corrected chi connectivity index (χ0v) is 68.9.